The van der Waals surface area contributed by atoms with Crippen molar-refractivity contribution in [2.75, 3.05) is 0 Å². The van der Waals surface area contributed by atoms with E-state index >= 15 is 0 Å². The Labute approximate surface area is 70.9 Å². The summed E-state index contributed by atoms with van der Waals surface area (Å²) >= 11 is -2.56. The average molecular weight is 186 g/mol. The molecule has 12 heavy (non-hydrogen) atoms. The molecule has 0 radical (unpaired) electrons. The molecule has 0 atom stereocenters. The van der Waals surface area contributed by atoms with E-state index in [9.17, 15) is 13.8 Å². The van der Waals surface area contributed by atoms with E-state index in [2.05, 4.69) is 21.2 Å². The summed E-state index contributed by atoms with van der Waals surface area (Å²) in [7, 11) is 0. The molecule has 0 rings (SSSR count). The summed E-state index contributed by atoms with van der Waals surface area (Å²) in [5.74, 6) is 0.560. The molecule has 0 aliphatic heterocycles. The topological polar surface area (TPSA) is 69.7 Å². The highest BCUT2D eigenvalue weighted by molar-refractivity contribution is 7.76. The second-order valence-corrected chi connectivity index (χ2v) is 1.98. The highest BCUT2D eigenvalue weighted by atomic mass is 32.2. The number of rotatable bonds is 2. The van der Waals surface area contributed by atoms with Gasteiger partial charge in [0.1, 0.15) is 0 Å². The largest absolute Gasteiger partial charge is 0.424 e. The second kappa shape index (κ2) is 4.94. The van der Waals surface area contributed by atoms with Crippen LogP contribution in [-0.4, -0.2) is 16.1 Å². The third kappa shape index (κ3) is 4.09. The lowest BCUT2D eigenvalue weighted by molar-refractivity contribution is -0.130. The van der Waals surface area contributed by atoms with Crippen molar-refractivity contribution in [2.24, 2.45) is 0 Å². The van der Waals surface area contributed by atoms with Gasteiger partial charge in [0.05, 0.1) is 0 Å². The summed E-state index contributed by atoms with van der Waals surface area (Å²) in [4.78, 5) is 20.4. The minimum atomic E-state index is -2.56. The Morgan fingerprint density at radius 2 is 1.42 bits per heavy atom. The molecule has 0 aliphatic carbocycles. The van der Waals surface area contributed by atoms with Gasteiger partial charge in [0.25, 0.3) is 0 Å². The van der Waals surface area contributed by atoms with Crippen molar-refractivity contribution in [1.82, 2.24) is 0 Å². The molecule has 0 aromatic carbocycles. The quantitative estimate of drug-likeness (QED) is 0.513. The van der Waals surface area contributed by atoms with Crippen LogP contribution in [0.2, 0.25) is 0 Å². The lowest BCUT2D eigenvalue weighted by Gasteiger charge is -1.95. The number of hydrogen-bond acceptors (Lipinski definition) is 5. The predicted octanol–water partition coefficient (Wildman–Crippen LogP) is -1.08. The Hall–Kier alpha value is -1.79. The molecule has 0 saturated carbocycles. The molecule has 0 heterocycles. The minimum Gasteiger partial charge on any atom is -0.323 e. The number of terminal acetylenes is 2. The van der Waals surface area contributed by atoms with Crippen LogP contribution in [0.4, 0.5) is 0 Å². The van der Waals surface area contributed by atoms with E-state index in [1.54, 1.807) is 0 Å². The first kappa shape index (κ1) is 10.2. The molecule has 0 aromatic heterocycles. The summed E-state index contributed by atoms with van der Waals surface area (Å²) in [6, 6.07) is 0. The van der Waals surface area contributed by atoms with E-state index in [0.717, 1.165) is 0 Å². The molecule has 6 heteroatoms. The van der Waals surface area contributed by atoms with Crippen LogP contribution < -0.4 is 0 Å². The van der Waals surface area contributed by atoms with Gasteiger partial charge in [-0.05, 0) is 0 Å². The van der Waals surface area contributed by atoms with Gasteiger partial charge in [-0.15, -0.1) is 12.8 Å². The molecule has 0 aliphatic rings. The van der Waals surface area contributed by atoms with Crippen LogP contribution in [0.15, 0.2) is 0 Å². The van der Waals surface area contributed by atoms with Crippen LogP contribution >= 0.6 is 0 Å². The van der Waals surface area contributed by atoms with Gasteiger partial charge in [0, 0.05) is 11.8 Å². The Balaban J connectivity index is 3.95. The van der Waals surface area contributed by atoms with Crippen molar-refractivity contribution in [3.8, 4) is 24.7 Å². The molecule has 0 saturated heterocycles. The van der Waals surface area contributed by atoms with E-state index in [0.29, 0.717) is 0 Å². The molecule has 0 amide bonds. The van der Waals surface area contributed by atoms with Gasteiger partial charge in [-0.2, -0.15) is 4.21 Å². The third-order valence-corrected chi connectivity index (χ3v) is 1.10. The fourth-order valence-electron chi connectivity index (χ4n) is 0.189. The molecular formula is C6H2O5S. The highest BCUT2D eigenvalue weighted by Gasteiger charge is 2.10. The molecular weight excluding hydrogens is 184 g/mol. The summed E-state index contributed by atoms with van der Waals surface area (Å²) in [5.41, 5.74) is 0. The van der Waals surface area contributed by atoms with Crippen LogP contribution in [0.1, 0.15) is 0 Å². The maximum atomic E-state index is 10.4. The predicted molar refractivity (Wildman–Crippen MR) is 38.0 cm³/mol. The smallest absolute Gasteiger partial charge is 0.323 e. The monoisotopic (exact) mass is 186 g/mol. The van der Waals surface area contributed by atoms with Crippen LogP contribution in [0, 0.1) is 24.7 Å². The first-order valence-corrected chi connectivity index (χ1v) is 3.39. The molecule has 0 spiro atoms. The normalized spacial score (nSPS) is 7.92. The van der Waals surface area contributed by atoms with Crippen LogP contribution in [0.5, 0.6) is 0 Å². The fraction of sp³-hybridized carbons (Fsp3) is 0. The summed E-state index contributed by atoms with van der Waals surface area (Å²) in [5, 5.41) is 0. The molecule has 0 unspecified atom stereocenters. The van der Waals surface area contributed by atoms with Gasteiger partial charge in [0.15, 0.2) is 0 Å². The van der Waals surface area contributed by atoms with Gasteiger partial charge in [-0.25, -0.2) is 9.59 Å². The van der Waals surface area contributed by atoms with E-state index < -0.39 is 23.3 Å². The fourth-order valence-corrected chi connectivity index (χ4v) is 0.566. The Morgan fingerprint density at radius 1 is 1.08 bits per heavy atom. The van der Waals surface area contributed by atoms with Gasteiger partial charge in [-0.1, -0.05) is 0 Å². The second-order valence-electron chi connectivity index (χ2n) is 1.23. The van der Waals surface area contributed by atoms with Gasteiger partial charge < -0.3 is 8.37 Å². The zero-order chi connectivity index (χ0) is 9.56. The van der Waals surface area contributed by atoms with E-state index in [1.165, 1.54) is 11.8 Å². The molecule has 5 nitrogen and oxygen atoms in total. The lowest BCUT2D eigenvalue weighted by Crippen LogP contribution is -2.11. The molecule has 62 valence electrons. The van der Waals surface area contributed by atoms with Crippen molar-refractivity contribution in [3.63, 3.8) is 0 Å². The maximum absolute atomic E-state index is 10.4. The van der Waals surface area contributed by atoms with Gasteiger partial charge in [0.2, 0.25) is 0 Å². The zero-order valence-corrected chi connectivity index (χ0v) is 6.42. The van der Waals surface area contributed by atoms with Gasteiger partial charge in [-0.3, -0.25) is 0 Å². The number of carbonyl (C=O) groups excluding carboxylic acids is 2. The Morgan fingerprint density at radius 3 is 1.67 bits per heavy atom. The molecule has 0 N–H and O–H groups in total. The standard InChI is InChI=1S/C6H2O5S/c1-3-5(7)10-12(9)11-6(8)4-2/h1-2H. The zero-order valence-electron chi connectivity index (χ0n) is 5.60. The maximum Gasteiger partial charge on any atom is 0.424 e. The van der Waals surface area contributed by atoms with E-state index in [1.807, 2.05) is 0 Å². The molecule has 0 bridgehead atoms. The molecule has 0 fully saturated rings. The number of carbonyl (C=O) groups is 2. The highest BCUT2D eigenvalue weighted by Crippen LogP contribution is 1.89. The van der Waals surface area contributed by atoms with Crippen LogP contribution in [0.25, 0.3) is 0 Å². The summed E-state index contributed by atoms with van der Waals surface area (Å²) in [6.07, 6.45) is 9.09. The first-order valence-electron chi connectivity index (χ1n) is 2.39. The van der Waals surface area contributed by atoms with Gasteiger partial charge >= 0.3 is 23.3 Å². The number of hydrogen-bond donors (Lipinski definition) is 0. The molecule has 0 aromatic rings. The van der Waals surface area contributed by atoms with Crippen molar-refractivity contribution in [3.05, 3.63) is 0 Å². The summed E-state index contributed by atoms with van der Waals surface area (Å²) < 4.78 is 18.1. The van der Waals surface area contributed by atoms with E-state index in [-0.39, 0.29) is 0 Å². The van der Waals surface area contributed by atoms with Crippen molar-refractivity contribution >= 4 is 23.3 Å². The average Bonchev–Trinajstić information content (AvgIpc) is 2.03. The first-order chi connectivity index (χ1) is 5.60. The van der Waals surface area contributed by atoms with Crippen LogP contribution in [0.3, 0.4) is 0 Å². The summed E-state index contributed by atoms with van der Waals surface area (Å²) in [6.45, 7) is 0. The van der Waals surface area contributed by atoms with Crippen molar-refractivity contribution in [1.29, 1.82) is 0 Å². The SMILES string of the molecule is C#CC(=O)OS(=O)OC(=O)C#C. The Kier molecular flexibility index (Phi) is 4.20. The Bertz CT molecular complexity index is 275. The van der Waals surface area contributed by atoms with Crippen molar-refractivity contribution < 1.29 is 22.2 Å². The van der Waals surface area contributed by atoms with Crippen molar-refractivity contribution in [2.45, 2.75) is 0 Å². The van der Waals surface area contributed by atoms with Crippen LogP contribution in [-0.2, 0) is 29.3 Å². The minimum absolute atomic E-state index is 1.21. The van der Waals surface area contributed by atoms with E-state index in [4.69, 9.17) is 0 Å². The lowest BCUT2D eigenvalue weighted by atomic mass is 10.7. The third-order valence-electron chi connectivity index (χ3n) is 0.523.